The molecule has 0 amide bonds. The number of esters is 1. The van der Waals surface area contributed by atoms with Crippen LogP contribution in [-0.4, -0.2) is 51.6 Å². The summed E-state index contributed by atoms with van der Waals surface area (Å²) in [5, 5.41) is 14.8. The van der Waals surface area contributed by atoms with Gasteiger partial charge in [-0.15, -0.1) is 0 Å². The van der Waals surface area contributed by atoms with Gasteiger partial charge in [-0.2, -0.15) is 5.10 Å². The van der Waals surface area contributed by atoms with Crippen molar-refractivity contribution in [1.29, 1.82) is 0 Å². The lowest BCUT2D eigenvalue weighted by Gasteiger charge is -2.24. The van der Waals surface area contributed by atoms with Crippen molar-refractivity contribution in [3.63, 3.8) is 0 Å². The maximum Gasteiger partial charge on any atom is 0.330 e. The van der Waals surface area contributed by atoms with E-state index in [9.17, 15) is 9.90 Å². The first-order valence-electron chi connectivity index (χ1n) is 9.63. The molecule has 0 radical (unpaired) electrons. The number of rotatable bonds is 6. The molecular formula is C22H29N3O3. The van der Waals surface area contributed by atoms with Crippen LogP contribution < -0.4 is 0 Å². The van der Waals surface area contributed by atoms with Gasteiger partial charge in [-0.05, 0) is 49.5 Å². The van der Waals surface area contributed by atoms with Crippen molar-refractivity contribution in [2.45, 2.75) is 45.4 Å². The largest absolute Gasteiger partial charge is 0.466 e. The van der Waals surface area contributed by atoms with E-state index >= 15 is 0 Å². The number of carbonyl (C=O) groups is 1. The van der Waals surface area contributed by atoms with Crippen molar-refractivity contribution >= 4 is 12.0 Å². The second-order valence-corrected chi connectivity index (χ2v) is 7.55. The Morgan fingerprint density at radius 2 is 2.04 bits per heavy atom. The third kappa shape index (κ3) is 4.69. The number of aryl methyl sites for hydroxylation is 2. The normalized spacial score (nSPS) is 20.2. The van der Waals surface area contributed by atoms with Crippen LogP contribution in [0.2, 0.25) is 0 Å². The number of ether oxygens (including phenoxy) is 1. The van der Waals surface area contributed by atoms with E-state index in [1.54, 1.807) is 6.08 Å². The van der Waals surface area contributed by atoms with Gasteiger partial charge in [0.2, 0.25) is 0 Å². The van der Waals surface area contributed by atoms with E-state index in [1.807, 2.05) is 23.9 Å². The van der Waals surface area contributed by atoms with Gasteiger partial charge in [0.1, 0.15) is 0 Å². The SMILES string of the molecule is COC(=O)/C=C/c1ccc(CN2C[C@@H](O)C[C@@H]2Cc2c(C)nn(C)c2C)cc1. The highest BCUT2D eigenvalue weighted by atomic mass is 16.5. The van der Waals surface area contributed by atoms with Crippen LogP contribution in [0.15, 0.2) is 30.3 Å². The number of benzene rings is 1. The standard InChI is InChI=1S/C22H29N3O3/c1-15-21(16(2)24(3)23-15)12-19-11-20(26)14-25(19)13-18-7-5-17(6-8-18)9-10-22(27)28-4/h5-10,19-20,26H,11-14H2,1-4H3/b10-9+/t19-,20+/m1/s1. The van der Waals surface area contributed by atoms with Gasteiger partial charge < -0.3 is 9.84 Å². The molecule has 1 saturated heterocycles. The molecule has 0 saturated carbocycles. The maximum atomic E-state index is 11.2. The number of β-amino-alcohol motifs (C(OH)–C–C–N with tert-alkyl or cyclic N) is 1. The molecule has 1 aromatic heterocycles. The summed E-state index contributed by atoms with van der Waals surface area (Å²) in [4.78, 5) is 13.6. The Morgan fingerprint density at radius 3 is 2.64 bits per heavy atom. The van der Waals surface area contributed by atoms with Gasteiger partial charge >= 0.3 is 5.97 Å². The highest BCUT2D eigenvalue weighted by Gasteiger charge is 2.32. The van der Waals surface area contributed by atoms with E-state index in [2.05, 4.69) is 40.7 Å². The topological polar surface area (TPSA) is 67.6 Å². The van der Waals surface area contributed by atoms with E-state index < -0.39 is 0 Å². The quantitative estimate of drug-likeness (QED) is 0.613. The van der Waals surface area contributed by atoms with Crippen LogP contribution in [0.5, 0.6) is 0 Å². The molecule has 2 aromatic rings. The summed E-state index contributed by atoms with van der Waals surface area (Å²) in [6.07, 6.45) is 4.56. The van der Waals surface area contributed by atoms with Gasteiger partial charge in [0.05, 0.1) is 18.9 Å². The Balaban J connectivity index is 1.68. The predicted octanol–water partition coefficient (Wildman–Crippen LogP) is 2.40. The van der Waals surface area contributed by atoms with Crippen molar-refractivity contribution in [2.24, 2.45) is 7.05 Å². The Kier molecular flexibility index (Phi) is 6.31. The minimum atomic E-state index is -0.362. The smallest absolute Gasteiger partial charge is 0.330 e. The highest BCUT2D eigenvalue weighted by Crippen LogP contribution is 2.26. The third-order valence-corrected chi connectivity index (χ3v) is 5.58. The molecule has 1 fully saturated rings. The number of likely N-dealkylation sites (tertiary alicyclic amines) is 1. The lowest BCUT2D eigenvalue weighted by Crippen LogP contribution is -2.31. The molecule has 2 heterocycles. The molecule has 1 aliphatic heterocycles. The highest BCUT2D eigenvalue weighted by molar-refractivity contribution is 5.86. The molecule has 0 bridgehead atoms. The van der Waals surface area contributed by atoms with Crippen LogP contribution in [0.4, 0.5) is 0 Å². The summed E-state index contributed by atoms with van der Waals surface area (Å²) < 4.78 is 6.54. The number of nitrogens with zero attached hydrogens (tertiary/aromatic N) is 3. The van der Waals surface area contributed by atoms with E-state index in [0.717, 1.165) is 30.6 Å². The number of aliphatic hydroxyl groups excluding tert-OH is 1. The summed E-state index contributed by atoms with van der Waals surface area (Å²) in [7, 11) is 3.34. The van der Waals surface area contributed by atoms with Crippen molar-refractivity contribution in [3.8, 4) is 0 Å². The summed E-state index contributed by atoms with van der Waals surface area (Å²) >= 11 is 0. The minimum Gasteiger partial charge on any atom is -0.466 e. The zero-order chi connectivity index (χ0) is 20.3. The first-order valence-corrected chi connectivity index (χ1v) is 9.63. The van der Waals surface area contributed by atoms with Crippen LogP contribution in [0, 0.1) is 13.8 Å². The summed E-state index contributed by atoms with van der Waals surface area (Å²) in [6, 6.07) is 8.42. The van der Waals surface area contributed by atoms with E-state index in [4.69, 9.17) is 0 Å². The molecule has 3 rings (SSSR count). The van der Waals surface area contributed by atoms with Crippen LogP contribution in [0.3, 0.4) is 0 Å². The van der Waals surface area contributed by atoms with Crippen molar-refractivity contribution in [3.05, 3.63) is 58.4 Å². The van der Waals surface area contributed by atoms with Gasteiger partial charge in [-0.1, -0.05) is 24.3 Å². The fraction of sp³-hybridized carbons (Fsp3) is 0.455. The fourth-order valence-corrected chi connectivity index (χ4v) is 3.91. The molecule has 1 aromatic carbocycles. The van der Waals surface area contributed by atoms with Crippen LogP contribution in [-0.2, 0) is 29.5 Å². The van der Waals surface area contributed by atoms with Crippen LogP contribution in [0.1, 0.15) is 34.5 Å². The monoisotopic (exact) mass is 383 g/mol. The lowest BCUT2D eigenvalue weighted by molar-refractivity contribution is -0.134. The van der Waals surface area contributed by atoms with E-state index in [-0.39, 0.29) is 12.1 Å². The first kappa shape index (κ1) is 20.3. The number of hydrogen-bond donors (Lipinski definition) is 1. The van der Waals surface area contributed by atoms with Gasteiger partial charge in [-0.3, -0.25) is 9.58 Å². The molecule has 0 aliphatic carbocycles. The molecule has 0 unspecified atom stereocenters. The molecule has 2 atom stereocenters. The zero-order valence-electron chi connectivity index (χ0n) is 17.1. The number of aliphatic hydroxyl groups is 1. The third-order valence-electron chi connectivity index (χ3n) is 5.58. The Bertz CT molecular complexity index is 855. The molecular weight excluding hydrogens is 354 g/mol. The zero-order valence-corrected chi connectivity index (χ0v) is 17.1. The number of methoxy groups -OCH3 is 1. The molecule has 6 nitrogen and oxygen atoms in total. The van der Waals surface area contributed by atoms with E-state index in [1.165, 1.54) is 30.0 Å². The van der Waals surface area contributed by atoms with Gasteiger partial charge in [0.15, 0.2) is 0 Å². The molecule has 1 N–H and O–H groups in total. The average molecular weight is 383 g/mol. The molecule has 6 heteroatoms. The van der Waals surface area contributed by atoms with Crippen molar-refractivity contribution < 1.29 is 14.6 Å². The van der Waals surface area contributed by atoms with Crippen LogP contribution in [0.25, 0.3) is 6.08 Å². The Hall–Kier alpha value is -2.44. The minimum absolute atomic E-state index is 0.287. The first-order chi connectivity index (χ1) is 13.4. The molecule has 150 valence electrons. The second kappa shape index (κ2) is 8.71. The van der Waals surface area contributed by atoms with Gasteiger partial charge in [0.25, 0.3) is 0 Å². The average Bonchev–Trinajstić information content (AvgIpc) is 3.14. The summed E-state index contributed by atoms with van der Waals surface area (Å²) in [6.45, 7) is 5.64. The lowest BCUT2D eigenvalue weighted by atomic mass is 10.0. The van der Waals surface area contributed by atoms with E-state index in [0.29, 0.717) is 12.6 Å². The van der Waals surface area contributed by atoms with Crippen molar-refractivity contribution in [1.82, 2.24) is 14.7 Å². The predicted molar refractivity (Wildman–Crippen MR) is 109 cm³/mol. The Morgan fingerprint density at radius 1 is 1.32 bits per heavy atom. The Labute approximate surface area is 166 Å². The summed E-state index contributed by atoms with van der Waals surface area (Å²) in [5.41, 5.74) is 5.70. The molecule has 28 heavy (non-hydrogen) atoms. The number of carbonyl (C=O) groups excluding carboxylic acids is 1. The fourth-order valence-electron chi connectivity index (χ4n) is 3.91. The second-order valence-electron chi connectivity index (χ2n) is 7.55. The number of hydrogen-bond acceptors (Lipinski definition) is 5. The maximum absolute atomic E-state index is 11.2. The summed E-state index contributed by atoms with van der Waals surface area (Å²) in [5.74, 6) is -0.362. The molecule has 0 spiro atoms. The van der Waals surface area contributed by atoms with Crippen LogP contribution >= 0.6 is 0 Å². The van der Waals surface area contributed by atoms with Crippen molar-refractivity contribution in [2.75, 3.05) is 13.7 Å². The molecule has 1 aliphatic rings. The number of aromatic nitrogens is 2. The van der Waals surface area contributed by atoms with Gasteiger partial charge in [0, 0.05) is 37.9 Å². The van der Waals surface area contributed by atoms with Gasteiger partial charge in [-0.25, -0.2) is 4.79 Å².